The van der Waals surface area contributed by atoms with Gasteiger partial charge in [-0.3, -0.25) is 20.4 Å². The molecule has 7 nitrogen and oxygen atoms in total. The molecule has 0 aromatic carbocycles. The average molecular weight is 381 g/mol. The Balaban J connectivity index is 1.83. The minimum Gasteiger partial charge on any atom is -0.444 e. The fourth-order valence-corrected chi connectivity index (χ4v) is 3.76. The zero-order valence-electron chi connectivity index (χ0n) is 15.9. The van der Waals surface area contributed by atoms with E-state index in [4.69, 9.17) is 4.74 Å². The summed E-state index contributed by atoms with van der Waals surface area (Å²) in [7, 11) is 0. The molecule has 1 aliphatic carbocycles. The highest BCUT2D eigenvalue weighted by atomic mass is 32.1. The number of nitrogens with one attached hydrogen (secondary N) is 3. The standard InChI is InChI=1S/C18H27N3O4S/c1-10-6-7-13-12(8-10)9-14(26-13)16(23)21-20-15(22)11(2)19-17(24)25-18(3,4)5/h9-11H,6-8H2,1-5H3,(H,19,24)(H,20,22)(H,21,23)/t10-,11+/m0/s1. The van der Waals surface area contributed by atoms with Crippen molar-refractivity contribution in [1.29, 1.82) is 0 Å². The molecule has 1 aromatic heterocycles. The SMILES string of the molecule is C[C@H]1CCc2sc(C(=O)NNC(=O)[C@@H](C)NC(=O)OC(C)(C)C)cc2C1. The number of carbonyl (C=O) groups is 3. The van der Waals surface area contributed by atoms with Gasteiger partial charge in [0.05, 0.1) is 4.88 Å². The van der Waals surface area contributed by atoms with Gasteiger partial charge >= 0.3 is 6.09 Å². The predicted molar refractivity (Wildman–Crippen MR) is 99.9 cm³/mol. The average Bonchev–Trinajstić information content (AvgIpc) is 2.93. The van der Waals surface area contributed by atoms with Crippen LogP contribution >= 0.6 is 11.3 Å². The molecule has 3 amide bonds. The lowest BCUT2D eigenvalue weighted by Crippen LogP contribution is -2.51. The minimum atomic E-state index is -0.845. The van der Waals surface area contributed by atoms with Crippen LogP contribution in [0.1, 0.15) is 61.2 Å². The quantitative estimate of drug-likeness (QED) is 0.701. The molecule has 0 saturated carbocycles. The van der Waals surface area contributed by atoms with E-state index in [0.717, 1.165) is 19.3 Å². The van der Waals surface area contributed by atoms with Crippen LogP contribution in [0.25, 0.3) is 0 Å². The molecule has 0 spiro atoms. The van der Waals surface area contributed by atoms with E-state index in [2.05, 4.69) is 23.1 Å². The van der Waals surface area contributed by atoms with Crippen molar-refractivity contribution in [3.05, 3.63) is 21.4 Å². The largest absolute Gasteiger partial charge is 0.444 e. The smallest absolute Gasteiger partial charge is 0.408 e. The topological polar surface area (TPSA) is 96.5 Å². The molecule has 0 unspecified atom stereocenters. The summed E-state index contributed by atoms with van der Waals surface area (Å²) < 4.78 is 5.09. The fourth-order valence-electron chi connectivity index (χ4n) is 2.66. The number of alkyl carbamates (subject to hydrolysis) is 1. The van der Waals surface area contributed by atoms with Crippen LogP contribution in [0.15, 0.2) is 6.07 Å². The summed E-state index contributed by atoms with van der Waals surface area (Å²) in [4.78, 5) is 37.8. The molecule has 0 bridgehead atoms. The van der Waals surface area contributed by atoms with E-state index in [-0.39, 0.29) is 5.91 Å². The zero-order valence-corrected chi connectivity index (χ0v) is 16.7. The van der Waals surface area contributed by atoms with Crippen LogP contribution in [0.3, 0.4) is 0 Å². The van der Waals surface area contributed by atoms with Crippen molar-refractivity contribution in [3.63, 3.8) is 0 Å². The number of hydrogen-bond acceptors (Lipinski definition) is 5. The monoisotopic (exact) mass is 381 g/mol. The third-order valence-corrected chi connectivity index (χ3v) is 5.21. The van der Waals surface area contributed by atoms with Crippen LogP contribution in [0, 0.1) is 5.92 Å². The maximum absolute atomic E-state index is 12.3. The highest BCUT2D eigenvalue weighted by Crippen LogP contribution is 2.32. The van der Waals surface area contributed by atoms with E-state index in [1.807, 2.05) is 6.07 Å². The number of hydrogen-bond donors (Lipinski definition) is 3. The van der Waals surface area contributed by atoms with Gasteiger partial charge in [0.1, 0.15) is 11.6 Å². The number of hydrazine groups is 1. The van der Waals surface area contributed by atoms with Gasteiger partial charge in [0.2, 0.25) is 0 Å². The molecule has 1 aliphatic rings. The van der Waals surface area contributed by atoms with Crippen LogP contribution in [-0.2, 0) is 22.4 Å². The Kier molecular flexibility index (Phi) is 6.28. The normalized spacial score (nSPS) is 17.7. The van der Waals surface area contributed by atoms with Crippen LogP contribution < -0.4 is 16.2 Å². The summed E-state index contributed by atoms with van der Waals surface area (Å²) in [5.41, 5.74) is 5.32. The molecule has 3 N–H and O–H groups in total. The number of aryl methyl sites for hydroxylation is 1. The Bertz CT molecular complexity index is 693. The summed E-state index contributed by atoms with van der Waals surface area (Å²) in [6, 6.07) is 1.06. The van der Waals surface area contributed by atoms with Crippen LogP contribution in [0.2, 0.25) is 0 Å². The Morgan fingerprint density at radius 3 is 2.62 bits per heavy atom. The molecule has 2 atom stereocenters. The van der Waals surface area contributed by atoms with E-state index in [0.29, 0.717) is 10.8 Å². The van der Waals surface area contributed by atoms with Crippen molar-refractivity contribution in [2.45, 2.75) is 65.5 Å². The van der Waals surface area contributed by atoms with E-state index >= 15 is 0 Å². The van der Waals surface area contributed by atoms with Crippen molar-refractivity contribution in [1.82, 2.24) is 16.2 Å². The van der Waals surface area contributed by atoms with Crippen LogP contribution in [0.4, 0.5) is 4.79 Å². The first-order valence-electron chi connectivity index (χ1n) is 8.76. The molecule has 0 fully saturated rings. The second kappa shape index (κ2) is 8.07. The van der Waals surface area contributed by atoms with Gasteiger partial charge in [-0.25, -0.2) is 4.79 Å². The number of carbonyl (C=O) groups excluding carboxylic acids is 3. The van der Waals surface area contributed by atoms with Gasteiger partial charge in [-0.15, -0.1) is 11.3 Å². The Morgan fingerprint density at radius 1 is 1.27 bits per heavy atom. The van der Waals surface area contributed by atoms with Crippen LogP contribution in [-0.4, -0.2) is 29.6 Å². The van der Waals surface area contributed by atoms with Gasteiger partial charge in [-0.05, 0) is 64.5 Å². The first-order chi connectivity index (χ1) is 12.0. The first-order valence-corrected chi connectivity index (χ1v) is 9.58. The molecule has 0 aliphatic heterocycles. The van der Waals surface area contributed by atoms with Gasteiger partial charge in [-0.1, -0.05) is 6.92 Å². The number of rotatable bonds is 3. The molecule has 0 saturated heterocycles. The summed E-state index contributed by atoms with van der Waals surface area (Å²) in [5, 5.41) is 2.42. The molecule has 8 heteroatoms. The maximum Gasteiger partial charge on any atom is 0.408 e. The summed E-state index contributed by atoms with van der Waals surface area (Å²) in [5.74, 6) is -0.249. The van der Waals surface area contributed by atoms with Crippen molar-refractivity contribution in [2.24, 2.45) is 5.92 Å². The van der Waals surface area contributed by atoms with Gasteiger partial charge in [0.25, 0.3) is 11.8 Å². The Morgan fingerprint density at radius 2 is 1.96 bits per heavy atom. The molecule has 1 heterocycles. The van der Waals surface area contributed by atoms with Gasteiger partial charge in [-0.2, -0.15) is 0 Å². The summed E-state index contributed by atoms with van der Waals surface area (Å²) >= 11 is 1.47. The number of amides is 3. The van der Waals surface area contributed by atoms with E-state index < -0.39 is 23.6 Å². The molecule has 144 valence electrons. The van der Waals surface area contributed by atoms with E-state index in [1.54, 1.807) is 20.8 Å². The summed E-state index contributed by atoms with van der Waals surface area (Å²) in [6.07, 6.45) is 2.44. The molecule has 2 rings (SSSR count). The lowest BCUT2D eigenvalue weighted by molar-refractivity contribution is -0.123. The fraction of sp³-hybridized carbons (Fsp3) is 0.611. The maximum atomic E-state index is 12.3. The first kappa shape index (κ1) is 20.2. The van der Waals surface area contributed by atoms with Crippen molar-refractivity contribution in [3.8, 4) is 0 Å². The van der Waals surface area contributed by atoms with E-state index in [1.165, 1.54) is 28.7 Å². The third kappa shape index (κ3) is 5.72. The number of fused-ring (bicyclic) bond motifs is 1. The van der Waals surface area contributed by atoms with Crippen molar-refractivity contribution >= 4 is 29.2 Å². The van der Waals surface area contributed by atoms with E-state index in [9.17, 15) is 14.4 Å². The molecule has 1 aromatic rings. The lowest BCUT2D eigenvalue weighted by atomic mass is 9.90. The van der Waals surface area contributed by atoms with Crippen molar-refractivity contribution in [2.75, 3.05) is 0 Å². The predicted octanol–water partition coefficient (Wildman–Crippen LogP) is 2.55. The van der Waals surface area contributed by atoms with Gasteiger partial charge < -0.3 is 10.1 Å². The molecular weight excluding hydrogens is 354 g/mol. The third-order valence-electron chi connectivity index (χ3n) is 3.98. The summed E-state index contributed by atoms with van der Waals surface area (Å²) in [6.45, 7) is 8.92. The van der Waals surface area contributed by atoms with Crippen molar-refractivity contribution < 1.29 is 19.1 Å². The molecular formula is C18H27N3O4S. The van der Waals surface area contributed by atoms with Gasteiger partial charge in [0, 0.05) is 4.88 Å². The lowest BCUT2D eigenvalue weighted by Gasteiger charge is -2.21. The number of ether oxygens (including phenoxy) is 1. The molecule has 26 heavy (non-hydrogen) atoms. The Hall–Kier alpha value is -2.09. The van der Waals surface area contributed by atoms with Crippen LogP contribution in [0.5, 0.6) is 0 Å². The molecule has 0 radical (unpaired) electrons. The highest BCUT2D eigenvalue weighted by molar-refractivity contribution is 7.14. The second-order valence-corrected chi connectivity index (χ2v) is 8.86. The highest BCUT2D eigenvalue weighted by Gasteiger charge is 2.23. The second-order valence-electron chi connectivity index (χ2n) is 7.72. The van der Waals surface area contributed by atoms with Gasteiger partial charge in [0.15, 0.2) is 0 Å². The number of thiophene rings is 1. The Labute approximate surface area is 157 Å². The minimum absolute atomic E-state index is 0.352. The zero-order chi connectivity index (χ0) is 19.5.